The number of hydrogen-bond donors (Lipinski definition) is 0. The maximum absolute atomic E-state index is 12.4. The molecule has 6 nitrogen and oxygen atoms in total. The van der Waals surface area contributed by atoms with Gasteiger partial charge in [0, 0.05) is 17.9 Å². The van der Waals surface area contributed by atoms with E-state index in [2.05, 4.69) is 6.58 Å². The van der Waals surface area contributed by atoms with E-state index in [1.165, 1.54) is 0 Å². The molecule has 1 heterocycles. The van der Waals surface area contributed by atoms with Crippen molar-refractivity contribution in [3.63, 3.8) is 0 Å². The highest BCUT2D eigenvalue weighted by Gasteiger charge is 2.67. The summed E-state index contributed by atoms with van der Waals surface area (Å²) in [6.07, 6.45) is 0.193. The Morgan fingerprint density at radius 3 is 2.24 bits per heavy atom. The van der Waals surface area contributed by atoms with Crippen LogP contribution in [0, 0.1) is 11.3 Å². The van der Waals surface area contributed by atoms with Gasteiger partial charge in [-0.25, -0.2) is 4.79 Å². The molecule has 2 atom stereocenters. The van der Waals surface area contributed by atoms with Gasteiger partial charge in [-0.15, -0.1) is 0 Å². The molecule has 1 aliphatic heterocycles. The van der Waals surface area contributed by atoms with E-state index in [1.807, 2.05) is 0 Å². The summed E-state index contributed by atoms with van der Waals surface area (Å²) in [5, 5.41) is 0. The van der Waals surface area contributed by atoms with E-state index in [1.54, 1.807) is 20.8 Å². The topological polar surface area (TPSA) is 78.9 Å². The molecule has 1 saturated carbocycles. The second kappa shape index (κ2) is 5.16. The quantitative estimate of drug-likeness (QED) is 0.337. The van der Waals surface area contributed by atoms with Crippen LogP contribution in [-0.2, 0) is 28.6 Å². The fourth-order valence-electron chi connectivity index (χ4n) is 3.31. The van der Waals surface area contributed by atoms with Crippen molar-refractivity contribution in [1.82, 2.24) is 0 Å². The zero-order chi connectivity index (χ0) is 15.8. The summed E-state index contributed by atoms with van der Waals surface area (Å²) < 4.78 is 15.5. The van der Waals surface area contributed by atoms with Crippen molar-refractivity contribution in [3.8, 4) is 0 Å². The molecule has 1 saturated heterocycles. The number of hydrogen-bond acceptors (Lipinski definition) is 6. The second-order valence-corrected chi connectivity index (χ2v) is 5.68. The minimum absolute atomic E-state index is 0.0626. The first kappa shape index (κ1) is 15.5. The Morgan fingerprint density at radius 1 is 1.29 bits per heavy atom. The monoisotopic (exact) mass is 296 g/mol. The molecule has 2 rings (SSSR count). The molecule has 2 fully saturated rings. The van der Waals surface area contributed by atoms with Gasteiger partial charge in [-0.3, -0.25) is 9.59 Å². The van der Waals surface area contributed by atoms with Crippen LogP contribution in [0.25, 0.3) is 0 Å². The molecule has 0 aromatic carbocycles. The molecule has 0 radical (unpaired) electrons. The molecular weight excluding hydrogens is 276 g/mol. The van der Waals surface area contributed by atoms with Crippen LogP contribution in [0.4, 0.5) is 0 Å². The molecular formula is C15H20O6. The molecule has 1 aliphatic carbocycles. The van der Waals surface area contributed by atoms with Gasteiger partial charge in [-0.1, -0.05) is 6.58 Å². The predicted molar refractivity (Wildman–Crippen MR) is 72.1 cm³/mol. The number of fused-ring (bicyclic) bond motifs is 1. The van der Waals surface area contributed by atoms with E-state index < -0.39 is 28.9 Å². The molecule has 2 unspecified atom stereocenters. The van der Waals surface area contributed by atoms with Gasteiger partial charge in [0.1, 0.15) is 5.60 Å². The predicted octanol–water partition coefficient (Wildman–Crippen LogP) is 1.38. The third-order valence-electron chi connectivity index (χ3n) is 4.28. The fraction of sp³-hybridized carbons (Fsp3) is 0.667. The van der Waals surface area contributed by atoms with Crippen molar-refractivity contribution in [2.45, 2.75) is 39.2 Å². The van der Waals surface area contributed by atoms with E-state index >= 15 is 0 Å². The lowest BCUT2D eigenvalue weighted by Gasteiger charge is -2.27. The summed E-state index contributed by atoms with van der Waals surface area (Å²) in [4.78, 5) is 36.3. The normalized spacial score (nSPS) is 29.8. The van der Waals surface area contributed by atoms with E-state index in [0.717, 1.165) is 0 Å². The van der Waals surface area contributed by atoms with Crippen LogP contribution >= 0.6 is 0 Å². The Balaban J connectivity index is 2.37. The molecule has 0 spiro atoms. The number of ether oxygens (including phenoxy) is 3. The minimum atomic E-state index is -1.42. The van der Waals surface area contributed by atoms with Crippen LogP contribution in [0.5, 0.6) is 0 Å². The lowest BCUT2D eigenvalue weighted by atomic mass is 9.84. The van der Waals surface area contributed by atoms with E-state index in [-0.39, 0.29) is 32.0 Å². The van der Waals surface area contributed by atoms with Gasteiger partial charge >= 0.3 is 17.9 Å². The number of carbonyl (C=O) groups is 3. The van der Waals surface area contributed by atoms with Crippen LogP contribution in [-0.4, -0.2) is 36.7 Å². The van der Waals surface area contributed by atoms with Gasteiger partial charge in [0.25, 0.3) is 0 Å². The highest BCUT2D eigenvalue weighted by atomic mass is 16.6. The molecule has 0 amide bonds. The maximum atomic E-state index is 12.4. The van der Waals surface area contributed by atoms with Crippen molar-refractivity contribution in [1.29, 1.82) is 0 Å². The molecule has 116 valence electrons. The lowest BCUT2D eigenvalue weighted by Crippen LogP contribution is -2.42. The standard InChI is InChI=1S/C15H20O6/c1-5-19-12(17)15(13(18)20-6-2)7-10-9(3)11(16)21-14(10,4)8-15/h10H,3,5-8H2,1-2,4H3. The van der Waals surface area contributed by atoms with Crippen molar-refractivity contribution < 1.29 is 28.6 Å². The summed E-state index contributed by atoms with van der Waals surface area (Å²) in [5.74, 6) is -2.09. The zero-order valence-corrected chi connectivity index (χ0v) is 12.6. The van der Waals surface area contributed by atoms with Crippen molar-refractivity contribution in [2.24, 2.45) is 11.3 Å². The van der Waals surface area contributed by atoms with Crippen molar-refractivity contribution in [3.05, 3.63) is 12.2 Å². The lowest BCUT2D eigenvalue weighted by molar-refractivity contribution is -0.174. The van der Waals surface area contributed by atoms with Crippen LogP contribution in [0.3, 0.4) is 0 Å². The highest BCUT2D eigenvalue weighted by Crippen LogP contribution is 2.56. The molecule has 0 N–H and O–H groups in total. The Hall–Kier alpha value is -1.85. The Bertz CT molecular complexity index is 490. The molecule has 0 aromatic rings. The fourth-order valence-corrected chi connectivity index (χ4v) is 3.31. The van der Waals surface area contributed by atoms with Gasteiger partial charge in [0.15, 0.2) is 5.41 Å². The summed E-state index contributed by atoms with van der Waals surface area (Å²) in [6, 6.07) is 0. The Morgan fingerprint density at radius 2 is 1.81 bits per heavy atom. The van der Waals surface area contributed by atoms with Crippen LogP contribution in [0.2, 0.25) is 0 Å². The van der Waals surface area contributed by atoms with Crippen LogP contribution in [0.1, 0.15) is 33.6 Å². The van der Waals surface area contributed by atoms with E-state index in [9.17, 15) is 14.4 Å². The SMILES string of the molecule is C=C1C(=O)OC2(C)CC(C(=O)OCC)(C(=O)OCC)CC12. The van der Waals surface area contributed by atoms with Gasteiger partial charge in [0.05, 0.1) is 13.2 Å². The Labute approximate surface area is 123 Å². The number of esters is 3. The first-order chi connectivity index (χ1) is 9.80. The Kier molecular flexibility index (Phi) is 3.82. The largest absolute Gasteiger partial charge is 0.465 e. The average molecular weight is 296 g/mol. The van der Waals surface area contributed by atoms with Crippen LogP contribution < -0.4 is 0 Å². The zero-order valence-electron chi connectivity index (χ0n) is 12.6. The summed E-state index contributed by atoms with van der Waals surface area (Å²) in [6.45, 7) is 9.12. The van der Waals surface area contributed by atoms with Gasteiger partial charge < -0.3 is 14.2 Å². The molecule has 0 bridgehead atoms. The van der Waals surface area contributed by atoms with Crippen molar-refractivity contribution >= 4 is 17.9 Å². The minimum Gasteiger partial charge on any atom is -0.465 e. The van der Waals surface area contributed by atoms with E-state index in [4.69, 9.17) is 14.2 Å². The molecule has 21 heavy (non-hydrogen) atoms. The van der Waals surface area contributed by atoms with Gasteiger partial charge in [0.2, 0.25) is 0 Å². The first-order valence-corrected chi connectivity index (χ1v) is 7.07. The third kappa shape index (κ3) is 2.22. The smallest absolute Gasteiger partial charge is 0.334 e. The highest BCUT2D eigenvalue weighted by molar-refractivity contribution is 6.02. The van der Waals surface area contributed by atoms with Crippen LogP contribution in [0.15, 0.2) is 12.2 Å². The van der Waals surface area contributed by atoms with Gasteiger partial charge in [-0.2, -0.15) is 0 Å². The van der Waals surface area contributed by atoms with Gasteiger partial charge in [-0.05, 0) is 27.2 Å². The molecule has 6 heteroatoms. The number of rotatable bonds is 4. The summed E-state index contributed by atoms with van der Waals surface area (Å²) in [5.41, 5.74) is -2.03. The molecule has 0 aromatic heterocycles. The first-order valence-electron chi connectivity index (χ1n) is 7.07. The summed E-state index contributed by atoms with van der Waals surface area (Å²) in [7, 11) is 0. The second-order valence-electron chi connectivity index (χ2n) is 5.68. The third-order valence-corrected chi connectivity index (χ3v) is 4.28. The van der Waals surface area contributed by atoms with E-state index in [0.29, 0.717) is 5.57 Å². The van der Waals surface area contributed by atoms with Crippen molar-refractivity contribution in [2.75, 3.05) is 13.2 Å². The maximum Gasteiger partial charge on any atom is 0.334 e. The molecule has 2 aliphatic rings. The average Bonchev–Trinajstić information content (AvgIpc) is 2.82. The summed E-state index contributed by atoms with van der Waals surface area (Å²) >= 11 is 0. The number of carbonyl (C=O) groups excluding carboxylic acids is 3.